The first-order chi connectivity index (χ1) is 8.40. The minimum atomic E-state index is -3.45. The molecule has 0 atom stereocenters. The van der Waals surface area contributed by atoms with Crippen LogP contribution in [0.3, 0.4) is 0 Å². The molecule has 104 valence electrons. The number of nitrogens with one attached hydrogen (secondary N) is 1. The predicted octanol–water partition coefficient (Wildman–Crippen LogP) is 3.83. The molecule has 0 saturated carbocycles. The molecule has 0 aliphatic rings. The molecule has 0 radical (unpaired) electrons. The summed E-state index contributed by atoms with van der Waals surface area (Å²) in [5, 5.41) is 1.74. The Bertz CT molecular complexity index is 475. The number of hydrogen-bond donors (Lipinski definition) is 1. The monoisotopic (exact) mass is 373 g/mol. The van der Waals surface area contributed by atoms with Gasteiger partial charge in [-0.3, -0.25) is 0 Å². The lowest BCUT2D eigenvalue weighted by molar-refractivity contribution is 0.305. The van der Waals surface area contributed by atoms with Crippen LogP contribution in [0, 0.1) is 5.41 Å². The summed E-state index contributed by atoms with van der Waals surface area (Å²) in [7, 11) is -3.45. The standard InChI is InChI=1S/C11H17BrClNO2S2/c1-3-11(4-2,7-13)8-14-18(15,16)10-9(12)5-6-17-10/h5-6,14H,3-4,7-8H2,1-2H3. The van der Waals surface area contributed by atoms with Gasteiger partial charge in [-0.05, 0) is 45.6 Å². The van der Waals surface area contributed by atoms with Gasteiger partial charge in [0.1, 0.15) is 4.21 Å². The second kappa shape index (κ2) is 6.70. The topological polar surface area (TPSA) is 46.2 Å². The van der Waals surface area contributed by atoms with Gasteiger partial charge in [0.2, 0.25) is 0 Å². The third-order valence-corrected chi connectivity index (χ3v) is 7.89. The molecule has 0 saturated heterocycles. The van der Waals surface area contributed by atoms with E-state index < -0.39 is 10.0 Å². The van der Waals surface area contributed by atoms with E-state index in [9.17, 15) is 8.42 Å². The fourth-order valence-electron chi connectivity index (χ4n) is 1.52. The van der Waals surface area contributed by atoms with Crippen molar-refractivity contribution in [3.63, 3.8) is 0 Å². The highest BCUT2D eigenvalue weighted by Gasteiger charge is 2.28. The van der Waals surface area contributed by atoms with E-state index in [1.807, 2.05) is 13.8 Å². The molecular weight excluding hydrogens is 358 g/mol. The minimum absolute atomic E-state index is 0.168. The molecule has 1 N–H and O–H groups in total. The van der Waals surface area contributed by atoms with Gasteiger partial charge in [-0.1, -0.05) is 13.8 Å². The number of rotatable bonds is 7. The molecule has 7 heteroatoms. The maximum absolute atomic E-state index is 12.1. The molecule has 0 aromatic carbocycles. The van der Waals surface area contributed by atoms with Crippen LogP contribution in [0.25, 0.3) is 0 Å². The highest BCUT2D eigenvalue weighted by Crippen LogP contribution is 2.30. The molecule has 0 bridgehead atoms. The number of thiophene rings is 1. The van der Waals surface area contributed by atoms with Crippen molar-refractivity contribution in [2.24, 2.45) is 5.41 Å². The van der Waals surface area contributed by atoms with E-state index in [4.69, 9.17) is 11.6 Å². The maximum atomic E-state index is 12.1. The number of sulfonamides is 1. The zero-order valence-corrected chi connectivity index (χ0v) is 14.3. The third-order valence-electron chi connectivity index (χ3n) is 3.25. The molecule has 0 amide bonds. The van der Waals surface area contributed by atoms with Crippen molar-refractivity contribution in [2.45, 2.75) is 30.9 Å². The lowest BCUT2D eigenvalue weighted by Crippen LogP contribution is -2.38. The Labute approximate surface area is 126 Å². The molecule has 1 aromatic heterocycles. The van der Waals surface area contributed by atoms with Crippen LogP contribution in [-0.2, 0) is 10.0 Å². The first kappa shape index (κ1) is 16.4. The Morgan fingerprint density at radius 1 is 1.44 bits per heavy atom. The SMILES string of the molecule is CCC(CC)(CCl)CNS(=O)(=O)c1sccc1Br. The first-order valence-electron chi connectivity index (χ1n) is 5.69. The van der Waals surface area contributed by atoms with E-state index in [-0.39, 0.29) is 5.41 Å². The van der Waals surface area contributed by atoms with Crippen molar-refractivity contribution in [3.05, 3.63) is 15.9 Å². The summed E-state index contributed by atoms with van der Waals surface area (Å²) in [4.78, 5) is 0. The predicted molar refractivity (Wildman–Crippen MR) is 80.9 cm³/mol. The molecule has 1 aromatic rings. The molecule has 1 heterocycles. The summed E-state index contributed by atoms with van der Waals surface area (Å²) in [6.07, 6.45) is 1.70. The van der Waals surface area contributed by atoms with Crippen molar-refractivity contribution in [3.8, 4) is 0 Å². The van der Waals surface area contributed by atoms with Gasteiger partial charge in [-0.15, -0.1) is 22.9 Å². The summed E-state index contributed by atoms with van der Waals surface area (Å²) in [6, 6.07) is 1.73. The normalized spacial score (nSPS) is 12.9. The van der Waals surface area contributed by atoms with Crippen LogP contribution in [0.2, 0.25) is 0 Å². The van der Waals surface area contributed by atoms with Gasteiger partial charge in [0, 0.05) is 16.9 Å². The summed E-state index contributed by atoms with van der Waals surface area (Å²) in [5.41, 5.74) is -0.168. The van der Waals surface area contributed by atoms with Crippen molar-refractivity contribution >= 4 is 48.9 Å². The Kier molecular flexibility index (Phi) is 6.12. The molecule has 0 fully saturated rings. The van der Waals surface area contributed by atoms with Crippen molar-refractivity contribution in [1.82, 2.24) is 4.72 Å². The fraction of sp³-hybridized carbons (Fsp3) is 0.636. The summed E-state index contributed by atoms with van der Waals surface area (Å²) in [6.45, 7) is 4.43. The zero-order chi connectivity index (χ0) is 13.8. The van der Waals surface area contributed by atoms with Crippen molar-refractivity contribution in [2.75, 3.05) is 12.4 Å². The quantitative estimate of drug-likeness (QED) is 0.737. The Balaban J connectivity index is 2.83. The average Bonchev–Trinajstić information content (AvgIpc) is 2.79. The molecular formula is C11H17BrClNO2S2. The van der Waals surface area contributed by atoms with Crippen molar-refractivity contribution in [1.29, 1.82) is 0 Å². The molecule has 1 rings (SSSR count). The Morgan fingerprint density at radius 2 is 2.06 bits per heavy atom. The summed E-state index contributed by atoms with van der Waals surface area (Å²) < 4.78 is 27.9. The molecule has 0 unspecified atom stereocenters. The van der Waals surface area contributed by atoms with E-state index in [0.717, 1.165) is 12.8 Å². The minimum Gasteiger partial charge on any atom is -0.210 e. The van der Waals surface area contributed by atoms with Gasteiger partial charge in [0.25, 0.3) is 10.0 Å². The van der Waals surface area contributed by atoms with Crippen LogP contribution in [0.15, 0.2) is 20.1 Å². The largest absolute Gasteiger partial charge is 0.251 e. The summed E-state index contributed by atoms with van der Waals surface area (Å²) in [5.74, 6) is 0.453. The van der Waals surface area contributed by atoms with Gasteiger partial charge < -0.3 is 0 Å². The van der Waals surface area contributed by atoms with Crippen LogP contribution in [-0.4, -0.2) is 20.8 Å². The van der Waals surface area contributed by atoms with Crippen molar-refractivity contribution < 1.29 is 8.42 Å². The van der Waals surface area contributed by atoms with Crippen LogP contribution in [0.1, 0.15) is 26.7 Å². The lowest BCUT2D eigenvalue weighted by Gasteiger charge is -2.29. The maximum Gasteiger partial charge on any atom is 0.251 e. The Morgan fingerprint density at radius 3 is 2.44 bits per heavy atom. The van der Waals surface area contributed by atoms with Crippen LogP contribution >= 0.6 is 38.9 Å². The summed E-state index contributed by atoms with van der Waals surface area (Å²) >= 11 is 10.4. The number of hydrogen-bond acceptors (Lipinski definition) is 3. The highest BCUT2D eigenvalue weighted by atomic mass is 79.9. The van der Waals surface area contributed by atoms with Gasteiger partial charge in [0.05, 0.1) is 0 Å². The zero-order valence-electron chi connectivity index (χ0n) is 10.4. The number of halogens is 2. The second-order valence-electron chi connectivity index (χ2n) is 4.22. The lowest BCUT2D eigenvalue weighted by atomic mass is 9.85. The van der Waals surface area contributed by atoms with Gasteiger partial charge in [-0.25, -0.2) is 13.1 Å². The van der Waals surface area contributed by atoms with Crippen LogP contribution in [0.5, 0.6) is 0 Å². The van der Waals surface area contributed by atoms with Gasteiger partial charge >= 0.3 is 0 Å². The van der Waals surface area contributed by atoms with E-state index in [1.54, 1.807) is 11.4 Å². The first-order valence-corrected chi connectivity index (χ1v) is 9.38. The highest BCUT2D eigenvalue weighted by molar-refractivity contribution is 9.10. The molecule has 0 aliphatic heterocycles. The van der Waals surface area contributed by atoms with Crippen LogP contribution in [0.4, 0.5) is 0 Å². The number of alkyl halides is 1. The van der Waals surface area contributed by atoms with Gasteiger partial charge in [0.15, 0.2) is 0 Å². The molecule has 18 heavy (non-hydrogen) atoms. The smallest absolute Gasteiger partial charge is 0.210 e. The molecule has 0 spiro atoms. The van der Waals surface area contributed by atoms with Crippen LogP contribution < -0.4 is 4.72 Å². The average molecular weight is 375 g/mol. The fourth-order valence-corrected chi connectivity index (χ4v) is 5.53. The van der Waals surface area contributed by atoms with E-state index in [2.05, 4.69) is 20.7 Å². The molecule has 3 nitrogen and oxygen atoms in total. The Hall–Kier alpha value is 0.380. The third kappa shape index (κ3) is 3.70. The van der Waals surface area contributed by atoms with E-state index >= 15 is 0 Å². The van der Waals surface area contributed by atoms with Gasteiger partial charge in [-0.2, -0.15) is 0 Å². The molecule has 0 aliphatic carbocycles. The second-order valence-corrected chi connectivity index (χ2v) is 8.22. The van der Waals surface area contributed by atoms with E-state index in [1.165, 1.54) is 11.3 Å². The van der Waals surface area contributed by atoms with E-state index in [0.29, 0.717) is 21.1 Å².